The van der Waals surface area contributed by atoms with E-state index in [1.165, 1.54) is 16.9 Å². The van der Waals surface area contributed by atoms with E-state index in [1.54, 1.807) is 30.4 Å². The number of carbonyl (C=O) groups is 1. The van der Waals surface area contributed by atoms with Crippen LogP contribution in [0.3, 0.4) is 0 Å². The second-order valence-electron chi connectivity index (χ2n) is 6.15. The van der Waals surface area contributed by atoms with Gasteiger partial charge in [0.25, 0.3) is 5.91 Å². The average molecular weight is 345 g/mol. The molecule has 0 saturated carbocycles. The minimum atomic E-state index is -0.359. The van der Waals surface area contributed by atoms with Crippen molar-refractivity contribution in [3.05, 3.63) is 51.2 Å². The van der Waals surface area contributed by atoms with Gasteiger partial charge in [-0.1, -0.05) is 12.1 Å². The van der Waals surface area contributed by atoms with Gasteiger partial charge in [-0.3, -0.25) is 4.79 Å². The van der Waals surface area contributed by atoms with Crippen molar-refractivity contribution in [2.75, 3.05) is 20.8 Å². The van der Waals surface area contributed by atoms with Gasteiger partial charge in [-0.25, -0.2) is 0 Å². The number of aliphatic hydroxyl groups is 1. The summed E-state index contributed by atoms with van der Waals surface area (Å²) in [6.45, 7) is -0.110. The first kappa shape index (κ1) is 17.0. The molecule has 4 nitrogen and oxygen atoms in total. The van der Waals surface area contributed by atoms with E-state index >= 15 is 0 Å². The minimum absolute atomic E-state index is 0.00994. The highest BCUT2D eigenvalue weighted by molar-refractivity contribution is 7.10. The van der Waals surface area contributed by atoms with Gasteiger partial charge >= 0.3 is 0 Å². The number of nitrogens with zero attached hydrogens (tertiary/aromatic N) is 1. The van der Waals surface area contributed by atoms with Gasteiger partial charge in [-0.2, -0.15) is 0 Å². The van der Waals surface area contributed by atoms with Crippen LogP contribution in [0.2, 0.25) is 0 Å². The number of hydrogen-bond acceptors (Lipinski definition) is 4. The summed E-state index contributed by atoms with van der Waals surface area (Å²) in [7, 11) is 3.38. The summed E-state index contributed by atoms with van der Waals surface area (Å²) in [4.78, 5) is 16.0. The summed E-state index contributed by atoms with van der Waals surface area (Å²) >= 11 is 1.69. The number of ether oxygens (including phenoxy) is 1. The molecule has 0 radical (unpaired) electrons. The molecule has 1 aliphatic carbocycles. The molecule has 5 heteroatoms. The normalized spacial score (nSPS) is 14.8. The highest BCUT2D eigenvalue weighted by atomic mass is 32.1. The molecule has 1 aliphatic rings. The molecule has 0 saturated heterocycles. The first-order chi connectivity index (χ1) is 11.7. The van der Waals surface area contributed by atoms with Crippen molar-refractivity contribution in [1.82, 2.24) is 4.90 Å². The quantitative estimate of drug-likeness (QED) is 0.903. The van der Waals surface area contributed by atoms with E-state index in [2.05, 4.69) is 0 Å². The number of carbonyl (C=O) groups excluding carboxylic acids is 1. The Kier molecular flexibility index (Phi) is 5.21. The van der Waals surface area contributed by atoms with Crippen molar-refractivity contribution in [2.45, 2.75) is 31.7 Å². The lowest BCUT2D eigenvalue weighted by Crippen LogP contribution is -2.33. The summed E-state index contributed by atoms with van der Waals surface area (Å²) < 4.78 is 5.17. The Bertz CT molecular complexity index is 708. The third-order valence-electron chi connectivity index (χ3n) is 4.75. The fourth-order valence-corrected chi connectivity index (χ4v) is 4.40. The number of hydrogen-bond donors (Lipinski definition) is 1. The maximum Gasteiger partial charge on any atom is 0.255 e. The van der Waals surface area contributed by atoms with E-state index in [-0.39, 0.29) is 18.6 Å². The van der Waals surface area contributed by atoms with Gasteiger partial charge in [-0.15, -0.1) is 11.3 Å². The van der Waals surface area contributed by atoms with Crippen molar-refractivity contribution in [3.63, 3.8) is 0 Å². The fourth-order valence-electron chi connectivity index (χ4n) is 3.28. The van der Waals surface area contributed by atoms with E-state index in [1.807, 2.05) is 29.6 Å². The Balaban J connectivity index is 1.83. The number of aliphatic hydroxyl groups excluding tert-OH is 1. The molecule has 1 N–H and O–H groups in total. The highest BCUT2D eigenvalue weighted by Gasteiger charge is 2.26. The van der Waals surface area contributed by atoms with Crippen LogP contribution in [0.4, 0.5) is 0 Å². The van der Waals surface area contributed by atoms with Gasteiger partial charge in [0.05, 0.1) is 25.3 Å². The van der Waals surface area contributed by atoms with Crippen LogP contribution in [0, 0.1) is 0 Å². The summed E-state index contributed by atoms with van der Waals surface area (Å²) in [5.74, 6) is 0.751. The molecular formula is C19H23NO3S. The molecule has 3 rings (SSSR count). The molecule has 1 aromatic carbocycles. The van der Waals surface area contributed by atoms with Crippen molar-refractivity contribution in [1.29, 1.82) is 0 Å². The number of methoxy groups -OCH3 is 1. The van der Waals surface area contributed by atoms with Gasteiger partial charge in [-0.05, 0) is 48.9 Å². The topological polar surface area (TPSA) is 49.8 Å². The molecule has 0 aliphatic heterocycles. The Labute approximate surface area is 146 Å². The van der Waals surface area contributed by atoms with Crippen LogP contribution in [0.5, 0.6) is 5.75 Å². The molecule has 1 atom stereocenters. The van der Waals surface area contributed by atoms with Gasteiger partial charge < -0.3 is 14.7 Å². The fraction of sp³-hybridized carbons (Fsp3) is 0.421. The Morgan fingerprint density at radius 3 is 2.67 bits per heavy atom. The van der Waals surface area contributed by atoms with Crippen LogP contribution >= 0.6 is 11.3 Å². The molecule has 2 aromatic rings. The van der Waals surface area contributed by atoms with Crippen LogP contribution in [-0.2, 0) is 12.8 Å². The zero-order valence-electron chi connectivity index (χ0n) is 14.1. The third-order valence-corrected chi connectivity index (χ3v) is 5.84. The maximum absolute atomic E-state index is 13.0. The second-order valence-corrected chi connectivity index (χ2v) is 7.11. The van der Waals surface area contributed by atoms with Crippen LogP contribution in [-0.4, -0.2) is 36.7 Å². The molecule has 128 valence electrons. The number of fused-ring (bicyclic) bond motifs is 1. The van der Waals surface area contributed by atoms with Crippen LogP contribution in [0.25, 0.3) is 0 Å². The highest BCUT2D eigenvalue weighted by Crippen LogP contribution is 2.32. The zero-order valence-corrected chi connectivity index (χ0v) is 14.9. The standard InChI is InChI=1S/C19H23NO3S/c1-20(17(11-21)13-7-9-14(23-2)10-8-13)19(22)16-12-24-18-6-4-3-5-15(16)18/h7-10,12,17,21H,3-6,11H2,1-2H3. The predicted molar refractivity (Wildman–Crippen MR) is 95.9 cm³/mol. The largest absolute Gasteiger partial charge is 0.497 e. The van der Waals surface area contributed by atoms with E-state index in [0.717, 1.165) is 36.1 Å². The number of likely N-dealkylation sites (N-methyl/N-ethyl adjacent to an activating group) is 1. The Morgan fingerprint density at radius 1 is 1.29 bits per heavy atom. The maximum atomic E-state index is 13.0. The minimum Gasteiger partial charge on any atom is -0.497 e. The van der Waals surface area contributed by atoms with Gasteiger partial charge in [0.1, 0.15) is 5.75 Å². The lowest BCUT2D eigenvalue weighted by Gasteiger charge is -2.27. The van der Waals surface area contributed by atoms with Crippen LogP contribution < -0.4 is 4.74 Å². The molecule has 0 fully saturated rings. The van der Waals surface area contributed by atoms with Crippen molar-refractivity contribution in [3.8, 4) is 5.75 Å². The molecule has 0 bridgehead atoms. The van der Waals surface area contributed by atoms with Gasteiger partial charge in [0.15, 0.2) is 0 Å². The van der Waals surface area contributed by atoms with Crippen molar-refractivity contribution < 1.29 is 14.6 Å². The number of thiophene rings is 1. The van der Waals surface area contributed by atoms with E-state index < -0.39 is 0 Å². The molecule has 1 unspecified atom stereocenters. The first-order valence-corrected chi connectivity index (χ1v) is 9.15. The predicted octanol–water partition coefficient (Wildman–Crippen LogP) is 3.44. The van der Waals surface area contributed by atoms with Crippen LogP contribution in [0.15, 0.2) is 29.6 Å². The van der Waals surface area contributed by atoms with Crippen LogP contribution in [0.1, 0.15) is 45.2 Å². The molecule has 1 amide bonds. The number of aryl methyl sites for hydroxylation is 1. The lowest BCUT2D eigenvalue weighted by molar-refractivity contribution is 0.0657. The average Bonchev–Trinajstić information content (AvgIpc) is 3.06. The van der Waals surface area contributed by atoms with Crippen molar-refractivity contribution >= 4 is 17.2 Å². The zero-order chi connectivity index (χ0) is 17.1. The number of benzene rings is 1. The van der Waals surface area contributed by atoms with E-state index in [0.29, 0.717) is 0 Å². The number of amides is 1. The second kappa shape index (κ2) is 7.36. The Morgan fingerprint density at radius 2 is 2.00 bits per heavy atom. The van der Waals surface area contributed by atoms with Crippen molar-refractivity contribution in [2.24, 2.45) is 0 Å². The molecule has 0 spiro atoms. The molecular weight excluding hydrogens is 322 g/mol. The van der Waals surface area contributed by atoms with Gasteiger partial charge in [0, 0.05) is 17.3 Å². The summed E-state index contributed by atoms with van der Waals surface area (Å²) in [5.41, 5.74) is 2.93. The lowest BCUT2D eigenvalue weighted by atomic mass is 9.95. The molecule has 1 aromatic heterocycles. The first-order valence-electron chi connectivity index (χ1n) is 8.27. The summed E-state index contributed by atoms with van der Waals surface area (Å²) in [5, 5.41) is 11.8. The Hall–Kier alpha value is -1.85. The third kappa shape index (κ3) is 3.19. The van der Waals surface area contributed by atoms with E-state index in [4.69, 9.17) is 4.74 Å². The molecule has 24 heavy (non-hydrogen) atoms. The molecule has 1 heterocycles. The van der Waals surface area contributed by atoms with E-state index in [9.17, 15) is 9.90 Å². The SMILES string of the molecule is COc1ccc(C(CO)N(C)C(=O)c2csc3c2CCCC3)cc1. The monoisotopic (exact) mass is 345 g/mol. The van der Waals surface area contributed by atoms with Gasteiger partial charge in [0.2, 0.25) is 0 Å². The summed E-state index contributed by atoms with van der Waals surface area (Å²) in [6.07, 6.45) is 4.43. The summed E-state index contributed by atoms with van der Waals surface area (Å²) in [6, 6.07) is 7.13. The smallest absolute Gasteiger partial charge is 0.255 e. The number of rotatable bonds is 5.